The first-order chi connectivity index (χ1) is 17.1. The number of imidazole rings is 1. The molecule has 6 nitrogen and oxygen atoms in total. The number of unbranched alkanes of at least 4 members (excludes halogenated alkanes) is 2. The molecule has 1 saturated heterocycles. The number of nitrogens with one attached hydrogen (secondary N) is 1. The summed E-state index contributed by atoms with van der Waals surface area (Å²) in [4.78, 5) is 32.1. The van der Waals surface area contributed by atoms with Gasteiger partial charge in [-0.25, -0.2) is 4.98 Å². The fraction of sp³-hybridized carbons (Fsp3) is 0.464. The van der Waals surface area contributed by atoms with Crippen molar-refractivity contribution in [3.8, 4) is 0 Å². The number of amides is 2. The molecule has 0 radical (unpaired) electrons. The van der Waals surface area contributed by atoms with Crippen molar-refractivity contribution in [2.24, 2.45) is 0 Å². The Morgan fingerprint density at radius 3 is 2.54 bits per heavy atom. The predicted molar refractivity (Wildman–Crippen MR) is 143 cm³/mol. The van der Waals surface area contributed by atoms with Crippen LogP contribution in [0.5, 0.6) is 0 Å². The number of nitrogens with zero attached hydrogens (tertiary/aromatic N) is 3. The van der Waals surface area contributed by atoms with Crippen LogP contribution in [0.1, 0.15) is 67.5 Å². The summed E-state index contributed by atoms with van der Waals surface area (Å²) in [5.41, 5.74) is 2.77. The minimum atomic E-state index is -0.0397. The number of rotatable bonds is 10. The molecule has 0 aliphatic carbocycles. The third-order valence-corrected chi connectivity index (χ3v) is 7.18. The van der Waals surface area contributed by atoms with Crippen LogP contribution in [0.25, 0.3) is 11.0 Å². The van der Waals surface area contributed by atoms with Gasteiger partial charge in [0.1, 0.15) is 5.82 Å². The number of hydrogen-bond donors (Lipinski definition) is 1. The van der Waals surface area contributed by atoms with E-state index in [0.29, 0.717) is 25.1 Å². The second-order valence-electron chi connectivity index (χ2n) is 9.29. The highest BCUT2D eigenvalue weighted by Gasteiger charge is 2.17. The Bertz CT molecular complexity index is 1130. The molecule has 3 aromatic rings. The van der Waals surface area contributed by atoms with Crippen LogP contribution in [0, 0.1) is 0 Å². The van der Waals surface area contributed by atoms with Gasteiger partial charge in [-0.3, -0.25) is 9.59 Å². The number of carbonyl (C=O) groups excluding carboxylic acids is 2. The zero-order valence-electron chi connectivity index (χ0n) is 20.3. The van der Waals surface area contributed by atoms with E-state index in [2.05, 4.69) is 31.9 Å². The van der Waals surface area contributed by atoms with Crippen molar-refractivity contribution in [1.29, 1.82) is 0 Å². The summed E-state index contributed by atoms with van der Waals surface area (Å²) in [6, 6.07) is 15.6. The van der Waals surface area contributed by atoms with Gasteiger partial charge in [-0.15, -0.1) is 0 Å². The van der Waals surface area contributed by atoms with E-state index in [1.165, 1.54) is 12.8 Å². The number of halogens is 1. The lowest BCUT2D eigenvalue weighted by atomic mass is 10.1. The van der Waals surface area contributed by atoms with Crippen LogP contribution < -0.4 is 5.32 Å². The number of aryl methyl sites for hydroxylation is 2. The number of aromatic nitrogens is 2. The molecule has 0 atom stereocenters. The molecule has 0 unspecified atom stereocenters. The average Bonchev–Trinajstić information content (AvgIpc) is 3.02. The molecule has 7 heteroatoms. The fourth-order valence-corrected chi connectivity index (χ4v) is 5.17. The smallest absolute Gasteiger partial charge is 0.251 e. The van der Waals surface area contributed by atoms with Crippen LogP contribution >= 0.6 is 15.9 Å². The first-order valence-corrected chi connectivity index (χ1v) is 13.7. The molecule has 186 valence electrons. The number of hydrogen-bond acceptors (Lipinski definition) is 3. The number of benzene rings is 2. The first kappa shape index (κ1) is 25.4. The van der Waals surface area contributed by atoms with Gasteiger partial charge in [0.2, 0.25) is 5.91 Å². The third-order valence-electron chi connectivity index (χ3n) is 6.69. The van der Waals surface area contributed by atoms with Gasteiger partial charge in [0, 0.05) is 49.1 Å². The summed E-state index contributed by atoms with van der Waals surface area (Å²) in [6.45, 7) is 3.13. The Morgan fingerprint density at radius 2 is 1.74 bits per heavy atom. The summed E-state index contributed by atoms with van der Waals surface area (Å²) < 4.78 is 3.14. The SMILES string of the molecule is O=C(NCCCCCc1nc2ccccc2n1CCC(=O)N1CCCCCC1)c1cccc(Br)c1. The molecule has 1 aromatic heterocycles. The molecule has 1 fully saturated rings. The predicted octanol–water partition coefficient (Wildman–Crippen LogP) is 5.73. The molecular weight excluding hydrogens is 504 g/mol. The van der Waals surface area contributed by atoms with E-state index in [-0.39, 0.29) is 11.8 Å². The molecule has 1 aliphatic rings. The minimum absolute atomic E-state index is 0.0397. The van der Waals surface area contributed by atoms with Gasteiger partial charge in [0.25, 0.3) is 5.91 Å². The maximum atomic E-state index is 12.9. The molecule has 2 heterocycles. The van der Waals surface area contributed by atoms with Crippen molar-refractivity contribution in [1.82, 2.24) is 19.8 Å². The van der Waals surface area contributed by atoms with E-state index in [4.69, 9.17) is 4.98 Å². The van der Waals surface area contributed by atoms with Crippen molar-refractivity contribution in [3.63, 3.8) is 0 Å². The Labute approximate surface area is 216 Å². The highest BCUT2D eigenvalue weighted by Crippen LogP contribution is 2.19. The molecule has 0 spiro atoms. The van der Waals surface area contributed by atoms with Crippen molar-refractivity contribution in [2.45, 2.75) is 64.3 Å². The lowest BCUT2D eigenvalue weighted by Crippen LogP contribution is -2.32. The van der Waals surface area contributed by atoms with Crippen molar-refractivity contribution in [2.75, 3.05) is 19.6 Å². The van der Waals surface area contributed by atoms with E-state index in [1.807, 2.05) is 47.4 Å². The van der Waals surface area contributed by atoms with E-state index >= 15 is 0 Å². The molecule has 4 rings (SSSR count). The van der Waals surface area contributed by atoms with Crippen molar-refractivity contribution >= 4 is 38.8 Å². The summed E-state index contributed by atoms with van der Waals surface area (Å²) in [5, 5.41) is 3.00. The standard InChI is InChI=1S/C28H35BrN4O2/c29-23-12-10-11-22(21-23)28(35)30-17-7-3-4-15-26-31-24-13-5-6-14-25(24)33(26)20-16-27(34)32-18-8-1-2-9-19-32/h5-6,10-14,21H,1-4,7-9,15-20H2,(H,30,35). The zero-order valence-corrected chi connectivity index (χ0v) is 21.9. The fourth-order valence-electron chi connectivity index (χ4n) is 4.77. The second-order valence-corrected chi connectivity index (χ2v) is 10.2. The van der Waals surface area contributed by atoms with Gasteiger partial charge in [0.05, 0.1) is 11.0 Å². The summed E-state index contributed by atoms with van der Waals surface area (Å²) in [5.74, 6) is 1.27. The largest absolute Gasteiger partial charge is 0.352 e. The Balaban J connectivity index is 1.27. The molecule has 0 bridgehead atoms. The topological polar surface area (TPSA) is 67.2 Å². The molecule has 1 aliphatic heterocycles. The molecule has 2 aromatic carbocycles. The van der Waals surface area contributed by atoms with Gasteiger partial charge in [-0.1, -0.05) is 53.4 Å². The quantitative estimate of drug-likeness (QED) is 0.335. The number of carbonyl (C=O) groups is 2. The molecular formula is C28H35BrN4O2. The van der Waals surface area contributed by atoms with Crippen molar-refractivity contribution < 1.29 is 9.59 Å². The van der Waals surface area contributed by atoms with Gasteiger partial charge >= 0.3 is 0 Å². The first-order valence-electron chi connectivity index (χ1n) is 12.9. The maximum Gasteiger partial charge on any atom is 0.251 e. The highest BCUT2D eigenvalue weighted by atomic mass is 79.9. The van der Waals surface area contributed by atoms with Crippen LogP contribution in [0.15, 0.2) is 53.0 Å². The zero-order chi connectivity index (χ0) is 24.5. The van der Waals surface area contributed by atoms with Gasteiger partial charge in [-0.2, -0.15) is 0 Å². The summed E-state index contributed by atoms with van der Waals surface area (Å²) >= 11 is 3.41. The lowest BCUT2D eigenvalue weighted by molar-refractivity contribution is -0.131. The highest BCUT2D eigenvalue weighted by molar-refractivity contribution is 9.10. The molecule has 2 amide bonds. The molecule has 0 saturated carbocycles. The monoisotopic (exact) mass is 538 g/mol. The van der Waals surface area contributed by atoms with E-state index in [9.17, 15) is 9.59 Å². The second kappa shape index (κ2) is 12.9. The van der Waals surface area contributed by atoms with Crippen LogP contribution in [0.4, 0.5) is 0 Å². The van der Waals surface area contributed by atoms with Gasteiger partial charge in [-0.05, 0) is 56.0 Å². The number of fused-ring (bicyclic) bond motifs is 1. The Kier molecular flexibility index (Phi) is 9.35. The van der Waals surface area contributed by atoms with Gasteiger partial charge in [0.15, 0.2) is 0 Å². The Hall–Kier alpha value is -2.67. The van der Waals surface area contributed by atoms with Crippen LogP contribution in [-0.2, 0) is 17.8 Å². The van der Waals surface area contributed by atoms with E-state index < -0.39 is 0 Å². The maximum absolute atomic E-state index is 12.9. The number of para-hydroxylation sites is 2. The lowest BCUT2D eigenvalue weighted by Gasteiger charge is -2.20. The summed E-state index contributed by atoms with van der Waals surface area (Å²) in [6.07, 6.45) is 9.02. The van der Waals surface area contributed by atoms with Gasteiger partial charge < -0.3 is 14.8 Å². The molecule has 1 N–H and O–H groups in total. The van der Waals surface area contributed by atoms with E-state index in [1.54, 1.807) is 0 Å². The van der Waals surface area contributed by atoms with E-state index in [0.717, 1.165) is 72.9 Å². The van der Waals surface area contributed by atoms with Crippen molar-refractivity contribution in [3.05, 3.63) is 64.4 Å². The summed E-state index contributed by atoms with van der Waals surface area (Å²) in [7, 11) is 0. The normalized spacial score (nSPS) is 14.1. The van der Waals surface area contributed by atoms with Crippen LogP contribution in [-0.4, -0.2) is 45.9 Å². The number of likely N-dealkylation sites (tertiary alicyclic amines) is 1. The average molecular weight is 540 g/mol. The van der Waals surface area contributed by atoms with Crippen LogP contribution in [0.3, 0.4) is 0 Å². The van der Waals surface area contributed by atoms with Crippen LogP contribution in [0.2, 0.25) is 0 Å². The third kappa shape index (κ3) is 7.17. The molecule has 35 heavy (non-hydrogen) atoms. The Morgan fingerprint density at radius 1 is 0.943 bits per heavy atom. The minimum Gasteiger partial charge on any atom is -0.352 e.